The highest BCUT2D eigenvalue weighted by molar-refractivity contribution is 9.12. The lowest BCUT2D eigenvalue weighted by Gasteiger charge is -2.13. The van der Waals surface area contributed by atoms with E-state index in [1.807, 2.05) is 6.07 Å². The van der Waals surface area contributed by atoms with Gasteiger partial charge in [0.15, 0.2) is 5.78 Å². The Hall–Kier alpha value is -0.450. The number of Topliss-reactive ketones (excluding diaryl/α,β-unsaturated/α-hetero) is 1. The van der Waals surface area contributed by atoms with Crippen LogP contribution in [0.4, 0.5) is 0 Å². The van der Waals surface area contributed by atoms with E-state index < -0.39 is 0 Å². The molecule has 3 unspecified atom stereocenters. The number of hydrogen-bond acceptors (Lipinski definition) is 2. The minimum absolute atomic E-state index is 0.191. The fourth-order valence-corrected chi connectivity index (χ4v) is 6.43. The number of ketones is 1. The minimum Gasteiger partial charge on any atom is -0.294 e. The van der Waals surface area contributed by atoms with E-state index in [-0.39, 0.29) is 5.92 Å². The van der Waals surface area contributed by atoms with Crippen molar-refractivity contribution in [1.82, 2.24) is 0 Å². The van der Waals surface area contributed by atoms with Crippen LogP contribution in [-0.2, 0) is 6.42 Å². The summed E-state index contributed by atoms with van der Waals surface area (Å²) in [6, 6.07) is 10.6. The molecule has 1 saturated carbocycles. The predicted molar refractivity (Wildman–Crippen MR) is 88.5 cm³/mol. The summed E-state index contributed by atoms with van der Waals surface area (Å²) in [5, 5.41) is 0. The van der Waals surface area contributed by atoms with Crippen LogP contribution in [0.1, 0.15) is 33.8 Å². The van der Waals surface area contributed by atoms with Crippen LogP contribution >= 0.6 is 43.2 Å². The van der Waals surface area contributed by atoms with Gasteiger partial charge in [-0.3, -0.25) is 4.79 Å². The molecular formula is C16H12Br2OS. The zero-order valence-corrected chi connectivity index (χ0v) is 14.6. The number of hydrogen-bond donors (Lipinski definition) is 0. The van der Waals surface area contributed by atoms with Crippen molar-refractivity contribution in [2.75, 3.05) is 0 Å². The number of rotatable bonds is 2. The molecule has 2 aliphatic rings. The van der Waals surface area contributed by atoms with Gasteiger partial charge in [0.2, 0.25) is 0 Å². The summed E-state index contributed by atoms with van der Waals surface area (Å²) in [5.41, 5.74) is 3.70. The van der Waals surface area contributed by atoms with Crippen molar-refractivity contribution in [3.05, 3.63) is 54.6 Å². The molecule has 0 saturated heterocycles. The molecular weight excluding hydrogens is 400 g/mol. The van der Waals surface area contributed by atoms with Gasteiger partial charge in [0.05, 0.1) is 7.57 Å². The lowest BCUT2D eigenvalue weighted by molar-refractivity contribution is 0.0959. The number of carbonyl (C=O) groups excluding carboxylic acids is 1. The highest BCUT2D eigenvalue weighted by atomic mass is 79.9. The number of aryl methyl sites for hydroxylation is 1. The third kappa shape index (κ3) is 1.96. The molecule has 0 amide bonds. The lowest BCUT2D eigenvalue weighted by atomic mass is 9.92. The molecule has 1 fully saturated rings. The monoisotopic (exact) mass is 410 g/mol. The van der Waals surface area contributed by atoms with Crippen molar-refractivity contribution >= 4 is 49.0 Å². The summed E-state index contributed by atoms with van der Waals surface area (Å²) in [6.07, 6.45) is 2.27. The van der Waals surface area contributed by atoms with E-state index >= 15 is 0 Å². The Morgan fingerprint density at radius 3 is 2.80 bits per heavy atom. The van der Waals surface area contributed by atoms with Gasteiger partial charge in [-0.25, -0.2) is 0 Å². The van der Waals surface area contributed by atoms with E-state index in [2.05, 4.69) is 56.1 Å². The van der Waals surface area contributed by atoms with Gasteiger partial charge in [-0.2, -0.15) is 0 Å². The average molecular weight is 412 g/mol. The van der Waals surface area contributed by atoms with Crippen molar-refractivity contribution in [3.63, 3.8) is 0 Å². The van der Waals surface area contributed by atoms with Gasteiger partial charge in [0.1, 0.15) is 0 Å². The van der Waals surface area contributed by atoms with Gasteiger partial charge in [0.25, 0.3) is 0 Å². The molecule has 1 aromatic heterocycles. The Morgan fingerprint density at radius 2 is 2.05 bits per heavy atom. The van der Waals surface area contributed by atoms with Crippen LogP contribution < -0.4 is 0 Å². The van der Waals surface area contributed by atoms with E-state index in [4.69, 9.17) is 0 Å². The largest absolute Gasteiger partial charge is 0.294 e. The molecule has 1 aromatic carbocycles. The van der Waals surface area contributed by atoms with Crippen LogP contribution in [0.15, 0.2) is 37.9 Å². The minimum atomic E-state index is 0.191. The van der Waals surface area contributed by atoms with Gasteiger partial charge in [0, 0.05) is 11.5 Å². The molecule has 4 heteroatoms. The maximum Gasteiger partial charge on any atom is 0.168 e. The summed E-state index contributed by atoms with van der Waals surface area (Å²) < 4.78 is 1.96. The van der Waals surface area contributed by atoms with Crippen LogP contribution in [0.2, 0.25) is 0 Å². The van der Waals surface area contributed by atoms with Crippen LogP contribution in [-0.4, -0.2) is 5.78 Å². The van der Waals surface area contributed by atoms with Gasteiger partial charge in [-0.1, -0.05) is 24.3 Å². The fourth-order valence-electron chi connectivity index (χ4n) is 3.61. The van der Waals surface area contributed by atoms with Gasteiger partial charge < -0.3 is 0 Å². The van der Waals surface area contributed by atoms with Crippen LogP contribution in [0.25, 0.3) is 0 Å². The molecule has 20 heavy (non-hydrogen) atoms. The molecule has 4 rings (SSSR count). The number of halogens is 2. The van der Waals surface area contributed by atoms with Crippen molar-refractivity contribution in [1.29, 1.82) is 0 Å². The Labute approximate surface area is 138 Å². The molecule has 0 aliphatic heterocycles. The molecule has 0 bridgehead atoms. The highest BCUT2D eigenvalue weighted by Crippen LogP contribution is 2.61. The topological polar surface area (TPSA) is 17.1 Å². The van der Waals surface area contributed by atoms with Gasteiger partial charge >= 0.3 is 0 Å². The second-order valence-corrected chi connectivity index (χ2v) is 9.30. The second-order valence-electron chi connectivity index (χ2n) is 5.56. The average Bonchev–Trinajstić information content (AvgIpc) is 3.09. The Kier molecular flexibility index (Phi) is 3.17. The second kappa shape index (κ2) is 4.79. The van der Waals surface area contributed by atoms with Gasteiger partial charge in [-0.15, -0.1) is 11.3 Å². The van der Waals surface area contributed by atoms with E-state index in [1.165, 1.54) is 11.1 Å². The van der Waals surface area contributed by atoms with Crippen molar-refractivity contribution in [2.24, 2.45) is 11.8 Å². The van der Waals surface area contributed by atoms with Crippen molar-refractivity contribution in [3.8, 4) is 0 Å². The van der Waals surface area contributed by atoms with E-state index in [0.29, 0.717) is 17.6 Å². The highest BCUT2D eigenvalue weighted by Gasteiger charge is 2.57. The Morgan fingerprint density at radius 1 is 1.25 bits per heavy atom. The van der Waals surface area contributed by atoms with Crippen LogP contribution in [0, 0.1) is 11.8 Å². The first-order valence-corrected chi connectivity index (χ1v) is 9.14. The zero-order valence-electron chi connectivity index (χ0n) is 10.6. The predicted octanol–water partition coefficient (Wildman–Crippen LogP) is 5.43. The quantitative estimate of drug-likeness (QED) is 0.602. The molecule has 0 N–H and O–H groups in total. The summed E-state index contributed by atoms with van der Waals surface area (Å²) in [7, 11) is 0. The fraction of sp³-hybridized carbons (Fsp3) is 0.312. The summed E-state index contributed by atoms with van der Waals surface area (Å²) in [6.45, 7) is 0. The lowest BCUT2D eigenvalue weighted by Crippen LogP contribution is -2.03. The van der Waals surface area contributed by atoms with Crippen LogP contribution in [0.3, 0.4) is 0 Å². The third-order valence-corrected chi connectivity index (χ3v) is 6.89. The van der Waals surface area contributed by atoms with E-state index in [1.54, 1.807) is 11.3 Å². The molecule has 1 nitrogen and oxygen atoms in total. The molecule has 0 radical (unpaired) electrons. The molecule has 1 heterocycles. The van der Waals surface area contributed by atoms with E-state index in [9.17, 15) is 4.79 Å². The number of thiophene rings is 1. The molecule has 3 atom stereocenters. The maximum atomic E-state index is 12.8. The third-order valence-electron chi connectivity index (χ3n) is 4.55. The number of carbonyl (C=O) groups is 1. The van der Waals surface area contributed by atoms with E-state index in [0.717, 1.165) is 26.0 Å². The SMILES string of the molecule is O=C(c1cc(Br)sc1Br)C1C2CCc3ccccc3C21. The molecule has 102 valence electrons. The Bertz CT molecular complexity index is 706. The first-order valence-electron chi connectivity index (χ1n) is 6.73. The first-order chi connectivity index (χ1) is 9.66. The van der Waals surface area contributed by atoms with Crippen molar-refractivity contribution < 1.29 is 4.79 Å². The van der Waals surface area contributed by atoms with Gasteiger partial charge in [-0.05, 0) is 73.7 Å². The first kappa shape index (κ1) is 13.2. The standard InChI is InChI=1S/C16H12Br2OS/c17-12-7-11(16(18)20-12)15(19)14-10-6-5-8-3-1-2-4-9(8)13(10)14/h1-4,7,10,13-14H,5-6H2. The summed E-state index contributed by atoms with van der Waals surface area (Å²) in [5.74, 6) is 1.52. The number of fused-ring (bicyclic) bond motifs is 3. The number of benzene rings is 1. The summed E-state index contributed by atoms with van der Waals surface area (Å²) >= 11 is 8.55. The molecule has 2 aromatic rings. The summed E-state index contributed by atoms with van der Waals surface area (Å²) in [4.78, 5) is 12.8. The molecule has 0 spiro atoms. The zero-order chi connectivity index (χ0) is 13.9. The Balaban J connectivity index is 1.67. The molecule has 2 aliphatic carbocycles. The smallest absolute Gasteiger partial charge is 0.168 e. The maximum absolute atomic E-state index is 12.8. The van der Waals surface area contributed by atoms with Crippen LogP contribution in [0.5, 0.6) is 0 Å². The van der Waals surface area contributed by atoms with Crippen molar-refractivity contribution in [2.45, 2.75) is 18.8 Å². The normalized spacial score (nSPS) is 26.8.